The van der Waals surface area contributed by atoms with E-state index in [4.69, 9.17) is 0 Å². The van der Waals surface area contributed by atoms with E-state index >= 15 is 0 Å². The van der Waals surface area contributed by atoms with E-state index in [9.17, 15) is 0 Å². The molecule has 8 atom stereocenters. The van der Waals surface area contributed by atoms with E-state index in [1.165, 1.54) is 44.1 Å². The summed E-state index contributed by atoms with van der Waals surface area (Å²) in [5.41, 5.74) is 7.93. The van der Waals surface area contributed by atoms with Crippen LogP contribution < -0.4 is 10.6 Å². The summed E-state index contributed by atoms with van der Waals surface area (Å²) in [5, 5.41) is 7.82. The zero-order chi connectivity index (χ0) is 26.9. The highest BCUT2D eigenvalue weighted by molar-refractivity contribution is 5.54. The Bertz CT molecular complexity index is 1410. The predicted molar refractivity (Wildman–Crippen MR) is 166 cm³/mol. The van der Waals surface area contributed by atoms with Gasteiger partial charge in [-0.05, 0) is 86.0 Å². The summed E-state index contributed by atoms with van der Waals surface area (Å²) in [4.78, 5) is 5.53. The smallest absolute Gasteiger partial charge is 0.136 e. The van der Waals surface area contributed by atoms with Crippen molar-refractivity contribution < 1.29 is 0 Å². The highest BCUT2D eigenvalue weighted by Gasteiger charge is 2.47. The molecule has 210 valence electrons. The largest absolute Gasteiger partial charge is 0.361 e. The first-order chi connectivity index (χ1) is 20.3. The Hall–Kier alpha value is -3.08. The fraction of sp³-hybridized carbons (Fsp3) is 0.459. The summed E-state index contributed by atoms with van der Waals surface area (Å²) in [6, 6.07) is 2.39. The second-order valence-electron chi connectivity index (χ2n) is 13.4. The van der Waals surface area contributed by atoms with Crippen molar-refractivity contribution in [2.75, 3.05) is 0 Å². The number of nitrogens with one attached hydrogen (secondary N) is 2. The summed E-state index contributed by atoms with van der Waals surface area (Å²) in [6.45, 7) is 0. The number of allylic oxidation sites excluding steroid dienone is 11. The third kappa shape index (κ3) is 3.87. The van der Waals surface area contributed by atoms with Crippen molar-refractivity contribution in [3.05, 3.63) is 119 Å². The Morgan fingerprint density at radius 3 is 2.44 bits per heavy atom. The van der Waals surface area contributed by atoms with Crippen LogP contribution in [0.3, 0.4) is 0 Å². The number of nitrogens with zero attached hydrogens (tertiary/aromatic N) is 2. The van der Waals surface area contributed by atoms with Crippen molar-refractivity contribution in [2.24, 2.45) is 17.8 Å². The first kappa shape index (κ1) is 24.5. The standard InChI is InChI=1S/C37H42N4/c1-2-10-26(11-3-1)40-33-16-8-4-12-27(33)29-22-24(18-20-35(29)40)25-19-21-36-30(23-25)28-13-5-9-17-34(28)41(36)37-38-31-14-6-7-15-32(31)39-37/h1-2,4-8,12-16,18,20,23-27,31-33,36-39H,3,9-11,17,19,21-22H2. The normalized spacial score (nSPS) is 41.6. The first-order valence-electron chi connectivity index (χ1n) is 16.3. The van der Waals surface area contributed by atoms with Gasteiger partial charge in [0.2, 0.25) is 0 Å². The molecule has 8 unspecified atom stereocenters. The molecule has 0 amide bonds. The van der Waals surface area contributed by atoms with Crippen LogP contribution >= 0.6 is 0 Å². The van der Waals surface area contributed by atoms with E-state index in [2.05, 4.69) is 112 Å². The van der Waals surface area contributed by atoms with Gasteiger partial charge in [-0.25, -0.2) is 0 Å². The van der Waals surface area contributed by atoms with Gasteiger partial charge in [0.25, 0.3) is 0 Å². The molecular weight excluding hydrogens is 500 g/mol. The summed E-state index contributed by atoms with van der Waals surface area (Å²) >= 11 is 0. The molecule has 1 fully saturated rings. The average Bonchev–Trinajstić information content (AvgIpc) is 3.70. The molecule has 4 heteroatoms. The van der Waals surface area contributed by atoms with Gasteiger partial charge in [-0.2, -0.15) is 0 Å². The number of rotatable bonds is 3. The lowest BCUT2D eigenvalue weighted by atomic mass is 9.73. The monoisotopic (exact) mass is 542 g/mol. The molecule has 3 heterocycles. The van der Waals surface area contributed by atoms with Crippen LogP contribution in [0.1, 0.15) is 51.4 Å². The van der Waals surface area contributed by atoms with Gasteiger partial charge >= 0.3 is 0 Å². The average molecular weight is 543 g/mol. The third-order valence-electron chi connectivity index (χ3n) is 11.3. The minimum absolute atomic E-state index is 0.200. The summed E-state index contributed by atoms with van der Waals surface area (Å²) in [6.07, 6.45) is 45.9. The quantitative estimate of drug-likeness (QED) is 0.409. The van der Waals surface area contributed by atoms with Crippen LogP contribution in [-0.2, 0) is 0 Å². The molecule has 6 aliphatic carbocycles. The fourth-order valence-corrected chi connectivity index (χ4v) is 9.45. The van der Waals surface area contributed by atoms with Crippen molar-refractivity contribution in [3.63, 3.8) is 0 Å². The van der Waals surface area contributed by atoms with Gasteiger partial charge < -0.3 is 9.80 Å². The topological polar surface area (TPSA) is 30.5 Å². The van der Waals surface area contributed by atoms with Crippen LogP contribution in [0, 0.1) is 17.8 Å². The van der Waals surface area contributed by atoms with Gasteiger partial charge in [-0.1, -0.05) is 85.1 Å². The molecule has 0 aromatic carbocycles. The highest BCUT2D eigenvalue weighted by Crippen LogP contribution is 2.51. The fourth-order valence-electron chi connectivity index (χ4n) is 9.45. The molecule has 0 radical (unpaired) electrons. The Kier molecular flexibility index (Phi) is 5.83. The van der Waals surface area contributed by atoms with Gasteiger partial charge in [0.1, 0.15) is 6.29 Å². The maximum absolute atomic E-state index is 3.91. The molecule has 0 aromatic rings. The van der Waals surface area contributed by atoms with E-state index in [0.29, 0.717) is 48.0 Å². The van der Waals surface area contributed by atoms with Crippen LogP contribution in [-0.4, -0.2) is 46.3 Å². The summed E-state index contributed by atoms with van der Waals surface area (Å²) in [7, 11) is 0. The van der Waals surface area contributed by atoms with Crippen molar-refractivity contribution in [3.8, 4) is 0 Å². The zero-order valence-corrected chi connectivity index (χ0v) is 23.9. The summed E-state index contributed by atoms with van der Waals surface area (Å²) in [5.74, 6) is 1.75. The van der Waals surface area contributed by atoms with Gasteiger partial charge in [0, 0.05) is 35.4 Å². The Morgan fingerprint density at radius 1 is 0.732 bits per heavy atom. The van der Waals surface area contributed by atoms with Crippen molar-refractivity contribution >= 4 is 0 Å². The molecule has 4 nitrogen and oxygen atoms in total. The van der Waals surface area contributed by atoms with Gasteiger partial charge in [0.05, 0.1) is 12.1 Å². The van der Waals surface area contributed by atoms with E-state index in [-0.39, 0.29) is 6.29 Å². The van der Waals surface area contributed by atoms with E-state index < -0.39 is 0 Å². The maximum atomic E-state index is 3.91. The molecule has 9 aliphatic rings. The Balaban J connectivity index is 0.995. The number of hydrogen-bond acceptors (Lipinski definition) is 4. The lowest BCUT2D eigenvalue weighted by Gasteiger charge is -2.39. The molecule has 0 bridgehead atoms. The number of fused-ring (bicyclic) bond motifs is 5. The Labute approximate surface area is 245 Å². The van der Waals surface area contributed by atoms with Gasteiger partial charge in [-0.3, -0.25) is 10.6 Å². The lowest BCUT2D eigenvalue weighted by Crippen LogP contribution is -2.52. The minimum Gasteiger partial charge on any atom is -0.361 e. The van der Waals surface area contributed by atoms with Crippen LogP contribution in [0.15, 0.2) is 119 Å². The maximum Gasteiger partial charge on any atom is 0.136 e. The van der Waals surface area contributed by atoms with Gasteiger partial charge in [0.15, 0.2) is 0 Å². The summed E-state index contributed by atoms with van der Waals surface area (Å²) < 4.78 is 0. The number of hydrogen-bond donors (Lipinski definition) is 2. The SMILES string of the molecule is C1=CC2NC(N3C4=C(C=CCC4)C4=CC(C5C=CC6=C(C5)C5C=CC=CC5N6C5CC=CCC5)CCC43)NC2C=C1. The van der Waals surface area contributed by atoms with E-state index in [1.54, 1.807) is 22.5 Å². The van der Waals surface area contributed by atoms with Crippen LogP contribution in [0.5, 0.6) is 0 Å². The van der Waals surface area contributed by atoms with Crippen molar-refractivity contribution in [1.82, 2.24) is 20.4 Å². The molecule has 41 heavy (non-hydrogen) atoms. The predicted octanol–water partition coefficient (Wildman–Crippen LogP) is 6.32. The molecule has 0 spiro atoms. The van der Waals surface area contributed by atoms with Gasteiger partial charge in [-0.15, -0.1) is 0 Å². The minimum atomic E-state index is 0.200. The third-order valence-corrected chi connectivity index (χ3v) is 11.3. The van der Waals surface area contributed by atoms with Crippen LogP contribution in [0.25, 0.3) is 0 Å². The molecule has 1 saturated heterocycles. The molecule has 0 saturated carbocycles. The molecule has 0 aromatic heterocycles. The van der Waals surface area contributed by atoms with Crippen LogP contribution in [0.4, 0.5) is 0 Å². The molecular formula is C37H42N4. The van der Waals surface area contributed by atoms with E-state index in [1.807, 2.05) is 0 Å². The molecule has 3 aliphatic heterocycles. The second kappa shape index (κ2) is 9.74. The van der Waals surface area contributed by atoms with E-state index in [0.717, 1.165) is 12.8 Å². The lowest BCUT2D eigenvalue weighted by molar-refractivity contribution is 0.159. The molecule has 2 N–H and O–H groups in total. The Morgan fingerprint density at radius 2 is 1.59 bits per heavy atom. The van der Waals surface area contributed by atoms with Crippen molar-refractivity contribution in [1.29, 1.82) is 0 Å². The first-order valence-corrected chi connectivity index (χ1v) is 16.3. The van der Waals surface area contributed by atoms with Crippen LogP contribution in [0.2, 0.25) is 0 Å². The van der Waals surface area contributed by atoms with Crippen molar-refractivity contribution in [2.45, 2.75) is 87.9 Å². The molecule has 9 rings (SSSR count). The second-order valence-corrected chi connectivity index (χ2v) is 13.4. The highest BCUT2D eigenvalue weighted by atomic mass is 15.5. The zero-order valence-electron chi connectivity index (χ0n) is 23.9.